The standard InChI is InChI=1S/C21H22F2N2O4S/c1-29-21(28)18-14-5-2-3-6-16(14)30-20(18)25-17(26)7-4-10-24-19(27)13-9-8-12(22)11-15(13)23/h8-9,11H,2-7,10H2,1H3,(H,24,27)(H,25,26). The number of anilines is 1. The number of amides is 2. The van der Waals surface area contributed by atoms with E-state index < -0.39 is 23.5 Å². The summed E-state index contributed by atoms with van der Waals surface area (Å²) in [4.78, 5) is 37.6. The third-order valence-electron chi connectivity index (χ3n) is 4.86. The molecule has 0 spiro atoms. The van der Waals surface area contributed by atoms with E-state index in [4.69, 9.17) is 4.74 Å². The highest BCUT2D eigenvalue weighted by molar-refractivity contribution is 7.17. The van der Waals surface area contributed by atoms with Gasteiger partial charge in [0.1, 0.15) is 16.6 Å². The van der Waals surface area contributed by atoms with E-state index in [9.17, 15) is 23.2 Å². The average Bonchev–Trinajstić information content (AvgIpc) is 3.08. The van der Waals surface area contributed by atoms with Crippen molar-refractivity contribution < 1.29 is 27.9 Å². The minimum Gasteiger partial charge on any atom is -0.465 e. The summed E-state index contributed by atoms with van der Waals surface area (Å²) in [6.07, 6.45) is 4.14. The molecule has 0 saturated carbocycles. The Balaban J connectivity index is 1.53. The lowest BCUT2D eigenvalue weighted by atomic mass is 9.95. The number of hydrogen-bond donors (Lipinski definition) is 2. The molecule has 2 N–H and O–H groups in total. The van der Waals surface area contributed by atoms with Crippen molar-refractivity contribution in [3.63, 3.8) is 0 Å². The van der Waals surface area contributed by atoms with Gasteiger partial charge in [-0.05, 0) is 49.8 Å². The number of aryl methyl sites for hydroxylation is 1. The molecule has 0 atom stereocenters. The molecule has 1 aromatic heterocycles. The number of benzene rings is 1. The van der Waals surface area contributed by atoms with Crippen LogP contribution < -0.4 is 10.6 Å². The van der Waals surface area contributed by atoms with Crippen LogP contribution in [0.25, 0.3) is 0 Å². The van der Waals surface area contributed by atoms with Crippen molar-refractivity contribution in [3.8, 4) is 0 Å². The molecule has 9 heteroatoms. The summed E-state index contributed by atoms with van der Waals surface area (Å²) >= 11 is 1.40. The molecule has 0 saturated heterocycles. The summed E-state index contributed by atoms with van der Waals surface area (Å²) in [5, 5.41) is 5.78. The van der Waals surface area contributed by atoms with Crippen LogP contribution in [-0.4, -0.2) is 31.4 Å². The molecule has 30 heavy (non-hydrogen) atoms. The van der Waals surface area contributed by atoms with Gasteiger partial charge in [0.2, 0.25) is 5.91 Å². The van der Waals surface area contributed by atoms with Gasteiger partial charge in [-0.1, -0.05) is 0 Å². The first-order valence-corrected chi connectivity index (χ1v) is 10.5. The molecule has 2 aromatic rings. The predicted octanol–water partition coefficient (Wildman–Crippen LogP) is 3.84. The molecular formula is C21H22F2N2O4S. The highest BCUT2D eigenvalue weighted by Gasteiger charge is 2.26. The maximum absolute atomic E-state index is 13.6. The second-order valence-corrected chi connectivity index (χ2v) is 8.04. The van der Waals surface area contributed by atoms with E-state index in [2.05, 4.69) is 10.6 Å². The zero-order valence-electron chi connectivity index (χ0n) is 16.5. The van der Waals surface area contributed by atoms with Gasteiger partial charge in [0, 0.05) is 23.9 Å². The summed E-state index contributed by atoms with van der Waals surface area (Å²) < 4.78 is 31.4. The monoisotopic (exact) mass is 436 g/mol. The average molecular weight is 436 g/mol. The summed E-state index contributed by atoms with van der Waals surface area (Å²) in [6.45, 7) is 0.147. The number of fused-ring (bicyclic) bond motifs is 1. The van der Waals surface area contributed by atoms with Crippen LogP contribution in [0.3, 0.4) is 0 Å². The Morgan fingerprint density at radius 1 is 1.17 bits per heavy atom. The Hall–Kier alpha value is -2.81. The van der Waals surface area contributed by atoms with E-state index >= 15 is 0 Å². The Bertz CT molecular complexity index is 974. The number of hydrogen-bond acceptors (Lipinski definition) is 5. The second kappa shape index (κ2) is 9.80. The number of esters is 1. The maximum atomic E-state index is 13.6. The van der Waals surface area contributed by atoms with Crippen molar-refractivity contribution in [1.29, 1.82) is 0 Å². The number of halogens is 2. The van der Waals surface area contributed by atoms with E-state index in [0.717, 1.165) is 48.3 Å². The van der Waals surface area contributed by atoms with Gasteiger partial charge in [0.15, 0.2) is 0 Å². The minimum absolute atomic E-state index is 0.107. The summed E-state index contributed by atoms with van der Waals surface area (Å²) in [7, 11) is 1.31. The summed E-state index contributed by atoms with van der Waals surface area (Å²) in [5.74, 6) is -3.13. The molecule has 0 radical (unpaired) electrons. The lowest BCUT2D eigenvalue weighted by Gasteiger charge is -2.11. The first-order valence-electron chi connectivity index (χ1n) is 9.66. The first kappa shape index (κ1) is 21.9. The molecule has 0 aliphatic heterocycles. The van der Waals surface area contributed by atoms with Crippen molar-refractivity contribution in [2.45, 2.75) is 38.5 Å². The molecule has 1 aromatic carbocycles. The van der Waals surface area contributed by atoms with Crippen LogP contribution >= 0.6 is 11.3 Å². The van der Waals surface area contributed by atoms with Crippen LogP contribution in [0, 0.1) is 11.6 Å². The zero-order valence-corrected chi connectivity index (χ0v) is 17.3. The maximum Gasteiger partial charge on any atom is 0.341 e. The molecule has 2 amide bonds. The van der Waals surface area contributed by atoms with Crippen molar-refractivity contribution in [3.05, 3.63) is 51.4 Å². The first-order chi connectivity index (χ1) is 14.4. The predicted molar refractivity (Wildman–Crippen MR) is 109 cm³/mol. The fourth-order valence-electron chi connectivity index (χ4n) is 3.38. The van der Waals surface area contributed by atoms with Gasteiger partial charge in [-0.15, -0.1) is 11.3 Å². The van der Waals surface area contributed by atoms with Crippen LogP contribution in [0.4, 0.5) is 13.8 Å². The van der Waals surface area contributed by atoms with Crippen LogP contribution in [0.2, 0.25) is 0 Å². The molecule has 3 rings (SSSR count). The van der Waals surface area contributed by atoms with Gasteiger partial charge in [0.05, 0.1) is 18.2 Å². The van der Waals surface area contributed by atoms with Gasteiger partial charge >= 0.3 is 5.97 Å². The second-order valence-electron chi connectivity index (χ2n) is 6.94. The minimum atomic E-state index is -0.942. The quantitative estimate of drug-likeness (QED) is 0.510. The van der Waals surface area contributed by atoms with Crippen LogP contribution in [-0.2, 0) is 22.4 Å². The van der Waals surface area contributed by atoms with E-state index in [-0.39, 0.29) is 24.4 Å². The lowest BCUT2D eigenvalue weighted by molar-refractivity contribution is -0.116. The third-order valence-corrected chi connectivity index (χ3v) is 6.06. The van der Waals surface area contributed by atoms with Crippen molar-refractivity contribution in [2.75, 3.05) is 19.0 Å². The highest BCUT2D eigenvalue weighted by atomic mass is 32.1. The number of carbonyl (C=O) groups excluding carboxylic acids is 3. The number of methoxy groups -OCH3 is 1. The number of ether oxygens (including phenoxy) is 1. The molecular weight excluding hydrogens is 414 g/mol. The van der Waals surface area contributed by atoms with E-state index in [1.165, 1.54) is 18.4 Å². The van der Waals surface area contributed by atoms with Crippen LogP contribution in [0.5, 0.6) is 0 Å². The van der Waals surface area contributed by atoms with Crippen molar-refractivity contribution in [2.24, 2.45) is 0 Å². The molecule has 0 fully saturated rings. The Morgan fingerprint density at radius 2 is 1.93 bits per heavy atom. The zero-order chi connectivity index (χ0) is 21.7. The SMILES string of the molecule is COC(=O)c1c(NC(=O)CCCNC(=O)c2ccc(F)cc2F)sc2c1CCCC2. The van der Waals surface area contributed by atoms with Gasteiger partial charge in [0.25, 0.3) is 5.91 Å². The molecule has 1 heterocycles. The van der Waals surface area contributed by atoms with Crippen LogP contribution in [0.1, 0.15) is 56.8 Å². The van der Waals surface area contributed by atoms with Gasteiger partial charge in [-0.2, -0.15) is 0 Å². The number of rotatable bonds is 7. The van der Waals surface area contributed by atoms with Crippen molar-refractivity contribution >= 4 is 34.1 Å². The largest absolute Gasteiger partial charge is 0.465 e. The summed E-state index contributed by atoms with van der Waals surface area (Å²) in [6, 6.07) is 2.71. The molecule has 1 aliphatic rings. The lowest BCUT2D eigenvalue weighted by Crippen LogP contribution is -2.26. The normalized spacial score (nSPS) is 12.8. The molecule has 0 bridgehead atoms. The number of nitrogens with one attached hydrogen (secondary N) is 2. The Morgan fingerprint density at radius 3 is 2.67 bits per heavy atom. The molecule has 160 valence electrons. The van der Waals surface area contributed by atoms with E-state index in [1.54, 1.807) is 0 Å². The van der Waals surface area contributed by atoms with E-state index in [0.29, 0.717) is 23.1 Å². The third kappa shape index (κ3) is 5.02. The molecule has 0 unspecified atom stereocenters. The van der Waals surface area contributed by atoms with Gasteiger partial charge in [-0.3, -0.25) is 9.59 Å². The fourth-order valence-corrected chi connectivity index (χ4v) is 4.67. The van der Waals surface area contributed by atoms with Crippen LogP contribution in [0.15, 0.2) is 18.2 Å². The summed E-state index contributed by atoms with van der Waals surface area (Å²) in [5.41, 5.74) is 1.14. The van der Waals surface area contributed by atoms with Gasteiger partial charge < -0.3 is 15.4 Å². The topological polar surface area (TPSA) is 84.5 Å². The highest BCUT2D eigenvalue weighted by Crippen LogP contribution is 2.38. The molecule has 6 nitrogen and oxygen atoms in total. The van der Waals surface area contributed by atoms with Crippen molar-refractivity contribution in [1.82, 2.24) is 5.32 Å². The number of thiophene rings is 1. The Kier molecular flexibility index (Phi) is 7.15. The Labute approximate surface area is 176 Å². The molecule has 1 aliphatic carbocycles. The fraction of sp³-hybridized carbons (Fsp3) is 0.381. The number of carbonyl (C=O) groups is 3. The smallest absolute Gasteiger partial charge is 0.341 e. The van der Waals surface area contributed by atoms with Gasteiger partial charge in [-0.25, -0.2) is 13.6 Å². The van der Waals surface area contributed by atoms with E-state index in [1.807, 2.05) is 0 Å².